The monoisotopic (exact) mass is 193 g/mol. The minimum Gasteiger partial charge on any atom is -0.313 e. The molecule has 0 unspecified atom stereocenters. The van der Waals surface area contributed by atoms with Crippen molar-refractivity contribution in [3.05, 3.63) is 35.0 Å². The lowest BCUT2D eigenvalue weighted by atomic mass is 10.4. The number of rotatable bonds is 3. The molecule has 1 N–H and O–H groups in total. The zero-order valence-electron chi connectivity index (χ0n) is 7.84. The SMILES string of the molecule is Cn1cnc(CCn2cc[nH]c2=O)n1. The lowest BCUT2D eigenvalue weighted by Crippen LogP contribution is -2.17. The van der Waals surface area contributed by atoms with Gasteiger partial charge < -0.3 is 4.98 Å². The van der Waals surface area contributed by atoms with Crippen LogP contribution in [0.4, 0.5) is 0 Å². The van der Waals surface area contributed by atoms with Crippen molar-refractivity contribution >= 4 is 0 Å². The van der Waals surface area contributed by atoms with Gasteiger partial charge in [0.25, 0.3) is 0 Å². The molecule has 2 rings (SSSR count). The van der Waals surface area contributed by atoms with E-state index < -0.39 is 0 Å². The summed E-state index contributed by atoms with van der Waals surface area (Å²) in [6, 6.07) is 0. The Balaban J connectivity index is 2.01. The maximum absolute atomic E-state index is 11.1. The second kappa shape index (κ2) is 3.49. The molecule has 0 spiro atoms. The predicted molar refractivity (Wildman–Crippen MR) is 49.8 cm³/mol. The first-order valence-corrected chi connectivity index (χ1v) is 4.34. The first kappa shape index (κ1) is 8.74. The number of hydrogen-bond donors (Lipinski definition) is 1. The second-order valence-corrected chi connectivity index (χ2v) is 3.04. The molecule has 0 bridgehead atoms. The molecule has 0 fully saturated rings. The highest BCUT2D eigenvalue weighted by Gasteiger charge is 2.00. The zero-order chi connectivity index (χ0) is 9.97. The molecular weight excluding hydrogens is 182 g/mol. The van der Waals surface area contributed by atoms with Crippen LogP contribution in [0.15, 0.2) is 23.5 Å². The smallest absolute Gasteiger partial charge is 0.313 e. The molecule has 6 heteroatoms. The van der Waals surface area contributed by atoms with Crippen LogP contribution >= 0.6 is 0 Å². The molecule has 0 aliphatic carbocycles. The summed E-state index contributed by atoms with van der Waals surface area (Å²) in [5.74, 6) is 0.751. The zero-order valence-corrected chi connectivity index (χ0v) is 7.84. The highest BCUT2D eigenvalue weighted by atomic mass is 16.1. The molecule has 0 aromatic carbocycles. The van der Waals surface area contributed by atoms with Crippen LogP contribution in [-0.4, -0.2) is 24.3 Å². The van der Waals surface area contributed by atoms with E-state index in [-0.39, 0.29) is 5.69 Å². The molecule has 2 aromatic heterocycles. The number of aromatic amines is 1. The van der Waals surface area contributed by atoms with E-state index in [1.807, 2.05) is 7.05 Å². The standard InChI is InChI=1S/C8H11N5O/c1-12-6-10-7(11-12)2-4-13-5-3-9-8(13)14/h3,5-6H,2,4H2,1H3,(H,9,14). The van der Waals surface area contributed by atoms with E-state index >= 15 is 0 Å². The summed E-state index contributed by atoms with van der Waals surface area (Å²) >= 11 is 0. The minimum atomic E-state index is -0.0964. The first-order valence-electron chi connectivity index (χ1n) is 4.34. The molecule has 0 amide bonds. The predicted octanol–water partition coefficient (Wildman–Crippen LogP) is -0.452. The van der Waals surface area contributed by atoms with Crippen molar-refractivity contribution in [2.75, 3.05) is 0 Å². The van der Waals surface area contributed by atoms with E-state index in [1.54, 1.807) is 28.0 Å². The van der Waals surface area contributed by atoms with Gasteiger partial charge in [0.1, 0.15) is 6.33 Å². The summed E-state index contributed by atoms with van der Waals surface area (Å²) in [6.45, 7) is 0.604. The maximum Gasteiger partial charge on any atom is 0.325 e. The van der Waals surface area contributed by atoms with Crippen LogP contribution in [0.3, 0.4) is 0 Å². The number of nitrogens with one attached hydrogen (secondary N) is 1. The summed E-state index contributed by atoms with van der Waals surface area (Å²) in [7, 11) is 1.82. The third-order valence-electron chi connectivity index (χ3n) is 1.95. The van der Waals surface area contributed by atoms with Crippen LogP contribution in [0.1, 0.15) is 5.82 Å². The second-order valence-electron chi connectivity index (χ2n) is 3.04. The third kappa shape index (κ3) is 1.73. The third-order valence-corrected chi connectivity index (χ3v) is 1.95. The van der Waals surface area contributed by atoms with Crippen LogP contribution in [0.25, 0.3) is 0 Å². The highest BCUT2D eigenvalue weighted by Crippen LogP contribution is 1.92. The Labute approximate surface area is 80.2 Å². The van der Waals surface area contributed by atoms with E-state index in [1.165, 1.54) is 0 Å². The number of H-pyrrole nitrogens is 1. The van der Waals surface area contributed by atoms with Crippen LogP contribution < -0.4 is 5.69 Å². The van der Waals surface area contributed by atoms with E-state index in [0.29, 0.717) is 13.0 Å². The van der Waals surface area contributed by atoms with Gasteiger partial charge in [0.2, 0.25) is 0 Å². The summed E-state index contributed by atoms with van der Waals surface area (Å²) in [5, 5.41) is 4.12. The van der Waals surface area contributed by atoms with E-state index in [2.05, 4.69) is 15.1 Å². The van der Waals surface area contributed by atoms with E-state index in [9.17, 15) is 4.79 Å². The molecule has 0 saturated heterocycles. The van der Waals surface area contributed by atoms with Crippen molar-refractivity contribution in [2.45, 2.75) is 13.0 Å². The minimum absolute atomic E-state index is 0.0964. The highest BCUT2D eigenvalue weighted by molar-refractivity contribution is 4.83. The lowest BCUT2D eigenvalue weighted by Gasteiger charge is -1.96. The Morgan fingerprint density at radius 3 is 3.00 bits per heavy atom. The average molecular weight is 193 g/mol. The van der Waals surface area contributed by atoms with Crippen LogP contribution in [0.2, 0.25) is 0 Å². The van der Waals surface area contributed by atoms with Gasteiger partial charge in [-0.15, -0.1) is 0 Å². The fourth-order valence-corrected chi connectivity index (χ4v) is 1.24. The Kier molecular flexibility index (Phi) is 2.18. The van der Waals surface area contributed by atoms with Gasteiger partial charge in [-0.2, -0.15) is 5.10 Å². The lowest BCUT2D eigenvalue weighted by molar-refractivity contribution is 0.642. The molecule has 0 aliphatic rings. The number of aryl methyl sites for hydroxylation is 3. The van der Waals surface area contributed by atoms with E-state index in [4.69, 9.17) is 0 Å². The molecule has 0 atom stereocenters. The largest absolute Gasteiger partial charge is 0.325 e. The summed E-state index contributed by atoms with van der Waals surface area (Å²) in [4.78, 5) is 17.7. The molecule has 2 heterocycles. The fraction of sp³-hybridized carbons (Fsp3) is 0.375. The molecule has 0 radical (unpaired) electrons. The molecule has 0 saturated carbocycles. The van der Waals surface area contributed by atoms with Gasteiger partial charge in [-0.1, -0.05) is 0 Å². The number of aromatic nitrogens is 5. The maximum atomic E-state index is 11.1. The quantitative estimate of drug-likeness (QED) is 0.717. The number of nitrogens with zero attached hydrogens (tertiary/aromatic N) is 4. The van der Waals surface area contributed by atoms with Crippen LogP contribution in [0.5, 0.6) is 0 Å². The molecule has 6 nitrogen and oxygen atoms in total. The molecule has 2 aromatic rings. The normalized spacial score (nSPS) is 10.6. The Morgan fingerprint density at radius 1 is 1.57 bits per heavy atom. The Bertz CT molecular complexity index is 466. The fourth-order valence-electron chi connectivity index (χ4n) is 1.24. The Hall–Kier alpha value is -1.85. The van der Waals surface area contributed by atoms with Crippen molar-refractivity contribution < 1.29 is 0 Å². The summed E-state index contributed by atoms with van der Waals surface area (Å²) in [5.41, 5.74) is -0.0964. The van der Waals surface area contributed by atoms with Crippen molar-refractivity contribution in [1.82, 2.24) is 24.3 Å². The van der Waals surface area contributed by atoms with Crippen molar-refractivity contribution in [3.8, 4) is 0 Å². The first-order chi connectivity index (χ1) is 6.75. The van der Waals surface area contributed by atoms with E-state index in [0.717, 1.165) is 5.82 Å². The van der Waals surface area contributed by atoms with Crippen molar-refractivity contribution in [1.29, 1.82) is 0 Å². The topological polar surface area (TPSA) is 68.5 Å². The number of imidazole rings is 1. The number of hydrogen-bond acceptors (Lipinski definition) is 3. The Morgan fingerprint density at radius 2 is 2.43 bits per heavy atom. The van der Waals surface area contributed by atoms with Crippen LogP contribution in [0, 0.1) is 0 Å². The molecule has 14 heavy (non-hydrogen) atoms. The van der Waals surface area contributed by atoms with Crippen molar-refractivity contribution in [3.63, 3.8) is 0 Å². The summed E-state index contributed by atoms with van der Waals surface area (Å²) < 4.78 is 3.24. The molecule has 74 valence electrons. The van der Waals surface area contributed by atoms with Crippen molar-refractivity contribution in [2.24, 2.45) is 7.05 Å². The van der Waals surface area contributed by atoms with Gasteiger partial charge in [0, 0.05) is 32.4 Å². The van der Waals surface area contributed by atoms with Gasteiger partial charge in [-0.05, 0) is 0 Å². The van der Waals surface area contributed by atoms with Gasteiger partial charge in [0.05, 0.1) is 0 Å². The summed E-state index contributed by atoms with van der Waals surface area (Å²) in [6.07, 6.45) is 5.65. The van der Waals surface area contributed by atoms with Crippen LogP contribution in [-0.2, 0) is 20.0 Å². The molecule has 0 aliphatic heterocycles. The average Bonchev–Trinajstić information content (AvgIpc) is 2.72. The van der Waals surface area contributed by atoms with Gasteiger partial charge in [-0.25, -0.2) is 9.78 Å². The van der Waals surface area contributed by atoms with Gasteiger partial charge >= 0.3 is 5.69 Å². The molecular formula is C8H11N5O. The van der Waals surface area contributed by atoms with Gasteiger partial charge in [0.15, 0.2) is 5.82 Å². The van der Waals surface area contributed by atoms with Gasteiger partial charge in [-0.3, -0.25) is 9.25 Å².